The molecule has 0 aliphatic carbocycles. The second kappa shape index (κ2) is 4.51. The van der Waals surface area contributed by atoms with E-state index in [9.17, 15) is 0 Å². The minimum absolute atomic E-state index is 0.324. The number of rotatable bonds is 3. The Bertz CT molecular complexity index is 493. The van der Waals surface area contributed by atoms with Crippen molar-refractivity contribution in [1.29, 1.82) is 0 Å². The summed E-state index contributed by atoms with van der Waals surface area (Å²) in [7, 11) is 0. The van der Waals surface area contributed by atoms with Crippen LogP contribution in [-0.2, 0) is 6.42 Å². The molecule has 0 saturated carbocycles. The Morgan fingerprint density at radius 1 is 1.29 bits per heavy atom. The van der Waals surface area contributed by atoms with Crippen LogP contribution in [0.4, 0.5) is 5.69 Å². The molecule has 0 spiro atoms. The molecular formula is C14H16N2S. The van der Waals surface area contributed by atoms with Gasteiger partial charge >= 0.3 is 0 Å². The van der Waals surface area contributed by atoms with Crippen molar-refractivity contribution in [2.45, 2.75) is 12.5 Å². The van der Waals surface area contributed by atoms with E-state index in [2.05, 4.69) is 46.0 Å². The molecule has 0 fully saturated rings. The standard InChI is InChI=1S/C14H16N2S/c15-9-14(12-6-8-17-10-12)16-7-5-11-3-1-2-4-13(11)16/h1-4,6,8,10,14H,5,7,9,15H2. The molecular weight excluding hydrogens is 228 g/mol. The fourth-order valence-electron chi connectivity index (χ4n) is 2.60. The first-order valence-electron chi connectivity index (χ1n) is 5.97. The van der Waals surface area contributed by atoms with Gasteiger partial charge in [-0.25, -0.2) is 0 Å². The van der Waals surface area contributed by atoms with Crippen LogP contribution in [0, 0.1) is 0 Å². The van der Waals surface area contributed by atoms with E-state index >= 15 is 0 Å². The average molecular weight is 244 g/mol. The predicted octanol–water partition coefficient (Wildman–Crippen LogP) is 2.81. The van der Waals surface area contributed by atoms with Crippen molar-refractivity contribution in [2.75, 3.05) is 18.0 Å². The zero-order chi connectivity index (χ0) is 11.7. The summed E-state index contributed by atoms with van der Waals surface area (Å²) in [6.07, 6.45) is 1.14. The van der Waals surface area contributed by atoms with Gasteiger partial charge in [0.05, 0.1) is 6.04 Å². The Kier molecular flexibility index (Phi) is 2.87. The molecule has 1 aliphatic rings. The molecule has 0 saturated heterocycles. The van der Waals surface area contributed by atoms with Gasteiger partial charge in [-0.2, -0.15) is 11.3 Å². The van der Waals surface area contributed by atoms with Crippen LogP contribution in [0.1, 0.15) is 17.2 Å². The predicted molar refractivity (Wildman–Crippen MR) is 73.6 cm³/mol. The van der Waals surface area contributed by atoms with Crippen molar-refractivity contribution >= 4 is 17.0 Å². The van der Waals surface area contributed by atoms with Gasteiger partial charge in [-0.15, -0.1) is 0 Å². The van der Waals surface area contributed by atoms with Crippen LogP contribution in [0.25, 0.3) is 0 Å². The third kappa shape index (κ3) is 1.85. The Labute approximate surface area is 106 Å². The number of hydrogen-bond donors (Lipinski definition) is 1. The monoisotopic (exact) mass is 244 g/mol. The highest BCUT2D eigenvalue weighted by atomic mass is 32.1. The lowest BCUT2D eigenvalue weighted by molar-refractivity contribution is 0.651. The van der Waals surface area contributed by atoms with Gasteiger partial charge < -0.3 is 10.6 Å². The zero-order valence-electron chi connectivity index (χ0n) is 9.67. The molecule has 1 unspecified atom stereocenters. The van der Waals surface area contributed by atoms with E-state index in [4.69, 9.17) is 5.73 Å². The van der Waals surface area contributed by atoms with Crippen LogP contribution in [0.5, 0.6) is 0 Å². The van der Waals surface area contributed by atoms with Gasteiger partial charge in [-0.1, -0.05) is 18.2 Å². The number of fused-ring (bicyclic) bond motifs is 1. The average Bonchev–Trinajstić information content (AvgIpc) is 3.01. The molecule has 17 heavy (non-hydrogen) atoms. The van der Waals surface area contributed by atoms with E-state index in [-0.39, 0.29) is 0 Å². The number of para-hydroxylation sites is 1. The molecule has 0 radical (unpaired) electrons. The van der Waals surface area contributed by atoms with Crippen LogP contribution < -0.4 is 10.6 Å². The summed E-state index contributed by atoms with van der Waals surface area (Å²) >= 11 is 1.74. The Morgan fingerprint density at radius 2 is 2.18 bits per heavy atom. The van der Waals surface area contributed by atoms with Gasteiger partial charge in [-0.05, 0) is 40.4 Å². The van der Waals surface area contributed by atoms with E-state index in [1.54, 1.807) is 11.3 Å². The third-order valence-electron chi connectivity index (χ3n) is 3.45. The van der Waals surface area contributed by atoms with Crippen LogP contribution in [0.2, 0.25) is 0 Å². The first-order chi connectivity index (χ1) is 8.40. The summed E-state index contributed by atoms with van der Waals surface area (Å²) in [6.45, 7) is 1.75. The van der Waals surface area contributed by atoms with Crippen LogP contribution in [0.15, 0.2) is 41.1 Å². The van der Waals surface area contributed by atoms with Crippen molar-refractivity contribution in [2.24, 2.45) is 5.73 Å². The molecule has 2 aromatic rings. The Morgan fingerprint density at radius 3 is 2.94 bits per heavy atom. The van der Waals surface area contributed by atoms with Crippen molar-refractivity contribution in [3.05, 3.63) is 52.2 Å². The molecule has 2 nitrogen and oxygen atoms in total. The highest BCUT2D eigenvalue weighted by Crippen LogP contribution is 2.34. The summed E-state index contributed by atoms with van der Waals surface area (Å²) in [4.78, 5) is 2.44. The molecule has 3 rings (SSSR count). The van der Waals surface area contributed by atoms with Gasteiger partial charge in [0.1, 0.15) is 0 Å². The van der Waals surface area contributed by atoms with Crippen molar-refractivity contribution in [3.63, 3.8) is 0 Å². The smallest absolute Gasteiger partial charge is 0.0673 e. The fraction of sp³-hybridized carbons (Fsp3) is 0.286. The van der Waals surface area contributed by atoms with Gasteiger partial charge in [0.25, 0.3) is 0 Å². The summed E-state index contributed by atoms with van der Waals surface area (Å²) in [5, 5.41) is 4.33. The van der Waals surface area contributed by atoms with Gasteiger partial charge in [-0.3, -0.25) is 0 Å². The van der Waals surface area contributed by atoms with Gasteiger partial charge in [0.2, 0.25) is 0 Å². The lowest BCUT2D eigenvalue weighted by Crippen LogP contribution is -2.32. The Balaban J connectivity index is 1.95. The van der Waals surface area contributed by atoms with Crippen LogP contribution >= 0.6 is 11.3 Å². The largest absolute Gasteiger partial charge is 0.363 e. The highest BCUT2D eigenvalue weighted by Gasteiger charge is 2.25. The molecule has 1 aromatic carbocycles. The molecule has 1 atom stereocenters. The maximum absolute atomic E-state index is 5.96. The van der Waals surface area contributed by atoms with Crippen molar-refractivity contribution in [3.8, 4) is 0 Å². The van der Waals surface area contributed by atoms with E-state index in [1.165, 1.54) is 16.8 Å². The highest BCUT2D eigenvalue weighted by molar-refractivity contribution is 7.08. The van der Waals surface area contributed by atoms with Crippen molar-refractivity contribution in [1.82, 2.24) is 0 Å². The molecule has 0 amide bonds. The topological polar surface area (TPSA) is 29.3 Å². The summed E-state index contributed by atoms with van der Waals surface area (Å²) in [5.74, 6) is 0. The second-order valence-electron chi connectivity index (χ2n) is 4.38. The van der Waals surface area contributed by atoms with E-state index in [0.717, 1.165) is 13.0 Å². The number of hydrogen-bond acceptors (Lipinski definition) is 3. The number of thiophene rings is 1. The molecule has 2 heterocycles. The maximum Gasteiger partial charge on any atom is 0.0673 e. The number of anilines is 1. The minimum Gasteiger partial charge on any atom is -0.363 e. The van der Waals surface area contributed by atoms with E-state index < -0.39 is 0 Å². The SMILES string of the molecule is NCC(c1ccsc1)N1CCc2ccccc21. The zero-order valence-corrected chi connectivity index (χ0v) is 10.5. The van der Waals surface area contributed by atoms with Gasteiger partial charge in [0, 0.05) is 18.8 Å². The molecule has 3 heteroatoms. The Hall–Kier alpha value is -1.32. The first kappa shape index (κ1) is 10.8. The van der Waals surface area contributed by atoms with Gasteiger partial charge in [0.15, 0.2) is 0 Å². The van der Waals surface area contributed by atoms with E-state index in [1.807, 2.05) is 0 Å². The molecule has 2 N–H and O–H groups in total. The molecule has 1 aliphatic heterocycles. The first-order valence-corrected chi connectivity index (χ1v) is 6.91. The lowest BCUT2D eigenvalue weighted by Gasteiger charge is -2.29. The quantitative estimate of drug-likeness (QED) is 0.899. The van der Waals surface area contributed by atoms with Crippen molar-refractivity contribution < 1.29 is 0 Å². The third-order valence-corrected chi connectivity index (χ3v) is 4.15. The summed E-state index contributed by atoms with van der Waals surface area (Å²) < 4.78 is 0. The van der Waals surface area contributed by atoms with Crippen LogP contribution in [0.3, 0.4) is 0 Å². The normalized spacial score (nSPS) is 15.9. The second-order valence-corrected chi connectivity index (χ2v) is 5.16. The summed E-state index contributed by atoms with van der Waals surface area (Å²) in [6, 6.07) is 11.2. The molecule has 88 valence electrons. The van der Waals surface area contributed by atoms with E-state index in [0.29, 0.717) is 12.6 Å². The summed E-state index contributed by atoms with van der Waals surface area (Å²) in [5.41, 5.74) is 10.1. The van der Waals surface area contributed by atoms with Crippen LogP contribution in [-0.4, -0.2) is 13.1 Å². The lowest BCUT2D eigenvalue weighted by atomic mass is 10.1. The number of benzene rings is 1. The fourth-order valence-corrected chi connectivity index (χ4v) is 3.30. The molecule has 0 bridgehead atoms. The number of nitrogens with zero attached hydrogens (tertiary/aromatic N) is 1. The minimum atomic E-state index is 0.324. The maximum atomic E-state index is 5.96. The number of nitrogens with two attached hydrogens (primary N) is 1. The molecule has 1 aromatic heterocycles.